The summed E-state index contributed by atoms with van der Waals surface area (Å²) in [7, 11) is 1.74. The second kappa shape index (κ2) is 5.92. The first-order valence-corrected chi connectivity index (χ1v) is 7.45. The number of nitrogen functional groups attached to an aromatic ring is 1. The highest BCUT2D eigenvalue weighted by Crippen LogP contribution is 2.24. The molecule has 0 bridgehead atoms. The molecule has 2 aromatic rings. The zero-order chi connectivity index (χ0) is 14.0. The molecule has 1 amide bonds. The van der Waals surface area contributed by atoms with Crippen LogP contribution < -0.4 is 10.6 Å². The van der Waals surface area contributed by atoms with Crippen molar-refractivity contribution in [1.29, 1.82) is 0 Å². The van der Waals surface area contributed by atoms with Crippen molar-refractivity contribution in [3.8, 4) is 0 Å². The summed E-state index contributed by atoms with van der Waals surface area (Å²) in [6, 6.07) is 12.9. The lowest BCUT2D eigenvalue weighted by molar-refractivity contribution is 0.0992. The molecular formula is C14H12BrIN2O. The number of carbonyl (C=O) groups excluding carboxylic acids is 1. The standard InChI is InChI=1S/C14H12BrIN2O/c1-18(11-4-2-3-10(17)8-11)14(19)12-7-9(16)5-6-13(12)15/h2-8H,17H2,1H3. The van der Waals surface area contributed by atoms with E-state index in [-0.39, 0.29) is 5.91 Å². The van der Waals surface area contributed by atoms with E-state index < -0.39 is 0 Å². The van der Waals surface area contributed by atoms with Crippen LogP contribution in [0.25, 0.3) is 0 Å². The molecule has 0 aliphatic carbocycles. The first-order valence-electron chi connectivity index (χ1n) is 5.57. The summed E-state index contributed by atoms with van der Waals surface area (Å²) < 4.78 is 1.80. The Morgan fingerprint density at radius 3 is 2.68 bits per heavy atom. The average molecular weight is 431 g/mol. The Kier molecular flexibility index (Phi) is 4.46. The number of hydrogen-bond acceptors (Lipinski definition) is 2. The van der Waals surface area contributed by atoms with E-state index in [1.807, 2.05) is 30.3 Å². The van der Waals surface area contributed by atoms with Crippen LogP contribution in [0, 0.1) is 3.57 Å². The number of amides is 1. The lowest BCUT2D eigenvalue weighted by Gasteiger charge is -2.18. The van der Waals surface area contributed by atoms with E-state index in [1.165, 1.54) is 0 Å². The van der Waals surface area contributed by atoms with Gasteiger partial charge in [0.1, 0.15) is 0 Å². The summed E-state index contributed by atoms with van der Waals surface area (Å²) in [4.78, 5) is 14.1. The van der Waals surface area contributed by atoms with Crippen LogP contribution in [-0.2, 0) is 0 Å². The number of benzene rings is 2. The molecule has 0 aliphatic rings. The third-order valence-electron chi connectivity index (χ3n) is 2.72. The molecule has 0 aliphatic heterocycles. The molecule has 0 saturated heterocycles. The maximum atomic E-state index is 12.5. The molecule has 98 valence electrons. The molecule has 0 atom stereocenters. The smallest absolute Gasteiger partial charge is 0.259 e. The van der Waals surface area contributed by atoms with Gasteiger partial charge < -0.3 is 10.6 Å². The van der Waals surface area contributed by atoms with Gasteiger partial charge in [-0.25, -0.2) is 0 Å². The molecule has 2 N–H and O–H groups in total. The maximum absolute atomic E-state index is 12.5. The van der Waals surface area contributed by atoms with Crippen molar-refractivity contribution in [2.45, 2.75) is 0 Å². The maximum Gasteiger partial charge on any atom is 0.259 e. The molecule has 19 heavy (non-hydrogen) atoms. The Morgan fingerprint density at radius 2 is 2.00 bits per heavy atom. The normalized spacial score (nSPS) is 10.3. The number of anilines is 2. The summed E-state index contributed by atoms with van der Waals surface area (Å²) in [5, 5.41) is 0. The minimum Gasteiger partial charge on any atom is -0.399 e. The van der Waals surface area contributed by atoms with Gasteiger partial charge in [0.05, 0.1) is 5.56 Å². The first kappa shape index (κ1) is 14.3. The summed E-state index contributed by atoms with van der Waals surface area (Å²) in [6.07, 6.45) is 0. The number of carbonyl (C=O) groups is 1. The van der Waals surface area contributed by atoms with E-state index >= 15 is 0 Å². The number of hydrogen-bond donors (Lipinski definition) is 1. The minimum absolute atomic E-state index is 0.0732. The topological polar surface area (TPSA) is 46.3 Å². The van der Waals surface area contributed by atoms with Crippen molar-refractivity contribution < 1.29 is 4.79 Å². The zero-order valence-corrected chi connectivity index (χ0v) is 14.0. The van der Waals surface area contributed by atoms with E-state index in [0.29, 0.717) is 11.3 Å². The number of nitrogens with zero attached hydrogens (tertiary/aromatic N) is 1. The van der Waals surface area contributed by atoms with Crippen LogP contribution in [0.3, 0.4) is 0 Å². The van der Waals surface area contributed by atoms with Gasteiger partial charge in [-0.05, 0) is 74.9 Å². The molecule has 0 spiro atoms. The molecule has 3 nitrogen and oxygen atoms in total. The third kappa shape index (κ3) is 3.27. The molecule has 2 rings (SSSR count). The Hall–Kier alpha value is -1.08. The molecule has 5 heteroatoms. The van der Waals surface area contributed by atoms with Crippen molar-refractivity contribution >= 4 is 55.8 Å². The highest BCUT2D eigenvalue weighted by atomic mass is 127. The van der Waals surface area contributed by atoms with Gasteiger partial charge in [-0.3, -0.25) is 4.79 Å². The number of nitrogens with two attached hydrogens (primary N) is 1. The molecule has 0 unspecified atom stereocenters. The van der Waals surface area contributed by atoms with Crippen molar-refractivity contribution in [3.63, 3.8) is 0 Å². The molecule has 0 aromatic heterocycles. The fourth-order valence-corrected chi connectivity index (χ4v) is 2.60. The lowest BCUT2D eigenvalue weighted by Crippen LogP contribution is -2.26. The van der Waals surface area contributed by atoms with Crippen LogP contribution in [0.15, 0.2) is 46.9 Å². The SMILES string of the molecule is CN(C(=O)c1cc(I)ccc1Br)c1cccc(N)c1. The van der Waals surface area contributed by atoms with Crippen LogP contribution >= 0.6 is 38.5 Å². The summed E-state index contributed by atoms with van der Waals surface area (Å²) in [6.45, 7) is 0. The monoisotopic (exact) mass is 430 g/mol. The molecule has 0 radical (unpaired) electrons. The molecule has 0 fully saturated rings. The van der Waals surface area contributed by atoms with E-state index in [2.05, 4.69) is 38.5 Å². The van der Waals surface area contributed by atoms with Crippen LogP contribution in [0.1, 0.15) is 10.4 Å². The average Bonchev–Trinajstić information content (AvgIpc) is 2.40. The Balaban J connectivity index is 2.36. The van der Waals surface area contributed by atoms with Gasteiger partial charge in [-0.1, -0.05) is 6.07 Å². The fourth-order valence-electron chi connectivity index (χ4n) is 1.69. The third-order valence-corrected chi connectivity index (χ3v) is 4.08. The van der Waals surface area contributed by atoms with Gasteiger partial charge >= 0.3 is 0 Å². The second-order valence-electron chi connectivity index (χ2n) is 4.08. The van der Waals surface area contributed by atoms with E-state index in [9.17, 15) is 4.79 Å². The van der Waals surface area contributed by atoms with Crippen LogP contribution in [0.2, 0.25) is 0 Å². The van der Waals surface area contributed by atoms with Gasteiger partial charge in [0.25, 0.3) is 5.91 Å². The summed E-state index contributed by atoms with van der Waals surface area (Å²) in [5.74, 6) is -0.0732. The Morgan fingerprint density at radius 1 is 1.26 bits per heavy atom. The van der Waals surface area contributed by atoms with Crippen molar-refractivity contribution in [3.05, 3.63) is 56.1 Å². The molecule has 0 heterocycles. The van der Waals surface area contributed by atoms with Crippen molar-refractivity contribution in [2.75, 3.05) is 17.7 Å². The fraction of sp³-hybridized carbons (Fsp3) is 0.0714. The second-order valence-corrected chi connectivity index (χ2v) is 6.18. The van der Waals surface area contributed by atoms with Gasteiger partial charge in [0.2, 0.25) is 0 Å². The first-order chi connectivity index (χ1) is 8.99. The summed E-state index contributed by atoms with van der Waals surface area (Å²) in [5.41, 5.74) is 7.79. The quantitative estimate of drug-likeness (QED) is 0.579. The van der Waals surface area contributed by atoms with E-state index in [1.54, 1.807) is 24.1 Å². The van der Waals surface area contributed by atoms with Gasteiger partial charge in [0, 0.05) is 26.5 Å². The number of halogens is 2. The molecular weight excluding hydrogens is 419 g/mol. The minimum atomic E-state index is -0.0732. The van der Waals surface area contributed by atoms with Gasteiger partial charge in [-0.15, -0.1) is 0 Å². The predicted octanol–water partition coefficient (Wildman–Crippen LogP) is 3.91. The van der Waals surface area contributed by atoms with Crippen LogP contribution in [-0.4, -0.2) is 13.0 Å². The Labute approximate surface area is 134 Å². The van der Waals surface area contributed by atoms with E-state index in [0.717, 1.165) is 13.7 Å². The largest absolute Gasteiger partial charge is 0.399 e. The van der Waals surface area contributed by atoms with E-state index in [4.69, 9.17) is 5.73 Å². The lowest BCUT2D eigenvalue weighted by atomic mass is 10.2. The molecule has 2 aromatic carbocycles. The number of rotatable bonds is 2. The highest BCUT2D eigenvalue weighted by molar-refractivity contribution is 14.1. The molecule has 0 saturated carbocycles. The predicted molar refractivity (Wildman–Crippen MR) is 90.4 cm³/mol. The zero-order valence-electron chi connectivity index (χ0n) is 10.2. The van der Waals surface area contributed by atoms with Crippen molar-refractivity contribution in [1.82, 2.24) is 0 Å². The highest BCUT2D eigenvalue weighted by Gasteiger charge is 2.16. The van der Waals surface area contributed by atoms with Crippen LogP contribution in [0.5, 0.6) is 0 Å². The summed E-state index contributed by atoms with van der Waals surface area (Å²) >= 11 is 5.60. The van der Waals surface area contributed by atoms with Crippen molar-refractivity contribution in [2.24, 2.45) is 0 Å². The van der Waals surface area contributed by atoms with Gasteiger partial charge in [-0.2, -0.15) is 0 Å². The van der Waals surface area contributed by atoms with Crippen LogP contribution in [0.4, 0.5) is 11.4 Å². The van der Waals surface area contributed by atoms with Gasteiger partial charge in [0.15, 0.2) is 0 Å². The Bertz CT molecular complexity index is 631.